The lowest BCUT2D eigenvalue weighted by Gasteiger charge is -2.25. The summed E-state index contributed by atoms with van der Waals surface area (Å²) in [4.78, 5) is 8.91. The van der Waals surface area contributed by atoms with Crippen LogP contribution in [0.4, 0.5) is 16.0 Å². The predicted molar refractivity (Wildman–Crippen MR) is 111 cm³/mol. The first-order valence-corrected chi connectivity index (χ1v) is 8.87. The number of hydrazone groups is 1. The number of benzene rings is 1. The van der Waals surface area contributed by atoms with Gasteiger partial charge in [0, 0.05) is 17.0 Å². The Balaban J connectivity index is 1.68. The van der Waals surface area contributed by atoms with Gasteiger partial charge in [-0.3, -0.25) is 0 Å². The molecule has 29 heavy (non-hydrogen) atoms. The summed E-state index contributed by atoms with van der Waals surface area (Å²) in [7, 11) is 0. The van der Waals surface area contributed by atoms with Crippen molar-refractivity contribution in [2.75, 3.05) is 11.1 Å². The van der Waals surface area contributed by atoms with Crippen LogP contribution in [0, 0.1) is 5.82 Å². The van der Waals surface area contributed by atoms with E-state index in [4.69, 9.17) is 11.5 Å². The number of hydrogen-bond donors (Lipinski definition) is 4. The maximum Gasteiger partial charge on any atom is 0.201 e. The van der Waals surface area contributed by atoms with Crippen LogP contribution in [-0.2, 0) is 12.0 Å². The fourth-order valence-electron chi connectivity index (χ4n) is 3.37. The van der Waals surface area contributed by atoms with Crippen LogP contribution in [0.2, 0.25) is 0 Å². The molecular formula is C20H21FN8. The van der Waals surface area contributed by atoms with Crippen molar-refractivity contribution in [2.45, 2.75) is 18.9 Å². The normalized spacial score (nSPS) is 20.2. The Bertz CT molecular complexity index is 1110. The van der Waals surface area contributed by atoms with Crippen molar-refractivity contribution in [2.24, 2.45) is 10.8 Å². The van der Waals surface area contributed by atoms with Gasteiger partial charge in [-0.2, -0.15) is 0 Å². The molecule has 6 N–H and O–H groups in total. The van der Waals surface area contributed by atoms with Crippen LogP contribution >= 0.6 is 0 Å². The number of halogens is 1. The van der Waals surface area contributed by atoms with E-state index in [9.17, 15) is 4.39 Å². The zero-order valence-corrected chi connectivity index (χ0v) is 16.0. The van der Waals surface area contributed by atoms with Gasteiger partial charge in [-0.1, -0.05) is 37.9 Å². The SMILES string of the molecule is C=C1NC(c2nc(N)c3c(n2)NC(=C)C3(C)C(=C)N)=NN1Cc1ccccc1F. The number of hydrogen-bond acceptors (Lipinski definition) is 8. The van der Waals surface area contributed by atoms with Gasteiger partial charge < -0.3 is 22.1 Å². The van der Waals surface area contributed by atoms with Gasteiger partial charge in [0.15, 0.2) is 5.84 Å². The second-order valence-electron chi connectivity index (χ2n) is 7.08. The van der Waals surface area contributed by atoms with E-state index < -0.39 is 5.41 Å². The third-order valence-corrected chi connectivity index (χ3v) is 5.24. The van der Waals surface area contributed by atoms with Gasteiger partial charge in [-0.05, 0) is 13.0 Å². The summed E-state index contributed by atoms with van der Waals surface area (Å²) in [6.45, 7) is 13.9. The number of nitrogens with zero attached hydrogens (tertiary/aromatic N) is 4. The van der Waals surface area contributed by atoms with Crippen molar-refractivity contribution in [1.82, 2.24) is 20.3 Å². The number of nitrogen functional groups attached to an aromatic ring is 1. The van der Waals surface area contributed by atoms with Gasteiger partial charge in [-0.25, -0.2) is 19.4 Å². The molecule has 0 bridgehead atoms. The molecule has 1 unspecified atom stereocenters. The lowest BCUT2D eigenvalue weighted by molar-refractivity contribution is 0.359. The predicted octanol–water partition coefficient (Wildman–Crippen LogP) is 2.11. The molecule has 0 saturated carbocycles. The largest absolute Gasteiger partial charge is 0.401 e. The Hall–Kier alpha value is -3.88. The van der Waals surface area contributed by atoms with E-state index in [1.807, 2.05) is 6.92 Å². The lowest BCUT2D eigenvalue weighted by Crippen LogP contribution is -2.30. The van der Waals surface area contributed by atoms with E-state index >= 15 is 0 Å². The summed E-state index contributed by atoms with van der Waals surface area (Å²) in [6.07, 6.45) is 0. The number of anilines is 2. The Morgan fingerprint density at radius 3 is 2.66 bits per heavy atom. The average Bonchev–Trinajstić information content (AvgIpc) is 3.15. The monoisotopic (exact) mass is 392 g/mol. The average molecular weight is 392 g/mol. The van der Waals surface area contributed by atoms with Crippen LogP contribution in [0.1, 0.15) is 23.9 Å². The van der Waals surface area contributed by atoms with Crippen LogP contribution in [0.15, 0.2) is 66.3 Å². The van der Waals surface area contributed by atoms with Crippen LogP contribution in [0.5, 0.6) is 0 Å². The molecule has 0 saturated heterocycles. The summed E-state index contributed by atoms with van der Waals surface area (Å²) in [6, 6.07) is 6.49. The zero-order valence-electron chi connectivity index (χ0n) is 16.0. The molecule has 2 aliphatic heterocycles. The summed E-state index contributed by atoms with van der Waals surface area (Å²) in [5.41, 5.74) is 13.6. The highest BCUT2D eigenvalue weighted by Gasteiger charge is 2.43. The first-order valence-electron chi connectivity index (χ1n) is 8.87. The maximum absolute atomic E-state index is 14.0. The quantitative estimate of drug-likeness (QED) is 0.629. The van der Waals surface area contributed by atoms with Crippen LogP contribution in [0.3, 0.4) is 0 Å². The molecule has 0 spiro atoms. The third-order valence-electron chi connectivity index (χ3n) is 5.24. The van der Waals surface area contributed by atoms with Crippen molar-refractivity contribution < 1.29 is 4.39 Å². The van der Waals surface area contributed by atoms with Gasteiger partial charge in [0.25, 0.3) is 0 Å². The van der Waals surface area contributed by atoms with Crippen molar-refractivity contribution in [1.29, 1.82) is 0 Å². The van der Waals surface area contributed by atoms with Crippen molar-refractivity contribution in [3.8, 4) is 0 Å². The highest BCUT2D eigenvalue weighted by molar-refractivity contribution is 5.98. The number of amidine groups is 1. The molecular weight excluding hydrogens is 371 g/mol. The zero-order chi connectivity index (χ0) is 20.9. The maximum atomic E-state index is 14.0. The van der Waals surface area contributed by atoms with E-state index in [1.54, 1.807) is 23.2 Å². The smallest absolute Gasteiger partial charge is 0.201 e. The minimum atomic E-state index is -0.774. The summed E-state index contributed by atoms with van der Waals surface area (Å²) in [5, 5.41) is 12.1. The van der Waals surface area contributed by atoms with Gasteiger partial charge in [0.2, 0.25) is 5.82 Å². The minimum Gasteiger partial charge on any atom is -0.401 e. The van der Waals surface area contributed by atoms with E-state index in [0.29, 0.717) is 40.0 Å². The van der Waals surface area contributed by atoms with Gasteiger partial charge in [0.1, 0.15) is 23.3 Å². The van der Waals surface area contributed by atoms with Gasteiger partial charge in [-0.15, -0.1) is 5.10 Å². The summed E-state index contributed by atoms with van der Waals surface area (Å²) >= 11 is 0. The molecule has 0 amide bonds. The summed E-state index contributed by atoms with van der Waals surface area (Å²) in [5.74, 6) is 1.52. The van der Waals surface area contributed by atoms with Gasteiger partial charge in [0.05, 0.1) is 17.5 Å². The molecule has 1 aromatic heterocycles. The van der Waals surface area contributed by atoms with E-state index in [2.05, 4.69) is 45.4 Å². The molecule has 8 nitrogen and oxygen atoms in total. The molecule has 3 heterocycles. The summed E-state index contributed by atoms with van der Waals surface area (Å²) < 4.78 is 14.0. The third kappa shape index (κ3) is 2.78. The Kier molecular flexibility index (Phi) is 4.04. The first kappa shape index (κ1) is 18.5. The molecule has 1 aromatic carbocycles. The number of nitrogens with two attached hydrogens (primary N) is 2. The number of rotatable bonds is 4. The van der Waals surface area contributed by atoms with Crippen molar-refractivity contribution in [3.63, 3.8) is 0 Å². The fraction of sp³-hybridized carbons (Fsp3) is 0.150. The lowest BCUT2D eigenvalue weighted by atomic mass is 9.80. The molecule has 1 atom stereocenters. The number of aromatic nitrogens is 2. The Labute approximate surface area is 167 Å². The highest BCUT2D eigenvalue weighted by Crippen LogP contribution is 2.47. The molecule has 0 aliphatic carbocycles. The van der Waals surface area contributed by atoms with E-state index in [1.165, 1.54) is 6.07 Å². The van der Waals surface area contributed by atoms with Gasteiger partial charge >= 0.3 is 0 Å². The topological polar surface area (TPSA) is 117 Å². The first-order chi connectivity index (χ1) is 13.7. The Morgan fingerprint density at radius 2 is 1.97 bits per heavy atom. The number of nitrogens with one attached hydrogen (secondary N) is 2. The number of fused-ring (bicyclic) bond motifs is 1. The van der Waals surface area contributed by atoms with Crippen LogP contribution in [0.25, 0.3) is 0 Å². The Morgan fingerprint density at radius 1 is 1.24 bits per heavy atom. The van der Waals surface area contributed by atoms with Crippen molar-refractivity contribution in [3.05, 3.63) is 84.0 Å². The second kappa shape index (κ2) is 6.33. The molecule has 9 heteroatoms. The fourth-order valence-corrected chi connectivity index (χ4v) is 3.37. The molecule has 2 aliphatic rings. The molecule has 0 radical (unpaired) electrons. The highest BCUT2D eigenvalue weighted by atomic mass is 19.1. The van der Waals surface area contributed by atoms with Crippen molar-refractivity contribution >= 4 is 17.5 Å². The van der Waals surface area contributed by atoms with E-state index in [-0.39, 0.29) is 24.0 Å². The van der Waals surface area contributed by atoms with Crippen LogP contribution < -0.4 is 22.1 Å². The molecule has 4 rings (SSSR count). The molecule has 0 fully saturated rings. The molecule has 2 aromatic rings. The second-order valence-corrected chi connectivity index (χ2v) is 7.08. The van der Waals surface area contributed by atoms with Crippen LogP contribution in [-0.4, -0.2) is 20.8 Å². The van der Waals surface area contributed by atoms with E-state index in [0.717, 1.165) is 0 Å². The molecule has 148 valence electrons. The standard InChI is InChI=1S/C20H21FN8/c1-10(22)20(4)11(2)24-17-15(20)16(23)26-18(27-17)19-25-12(3)29(28-19)9-13-7-5-6-8-14(13)21/h5-8H,1-3,9,22H2,4H3,(H,25,28)(H3,23,24,26,27). The minimum absolute atomic E-state index is 0.211.